The van der Waals surface area contributed by atoms with Gasteiger partial charge in [-0.05, 0) is 32.1 Å². The van der Waals surface area contributed by atoms with Crippen molar-refractivity contribution in [2.75, 3.05) is 0 Å². The van der Waals surface area contributed by atoms with E-state index in [4.69, 9.17) is 0 Å². The van der Waals surface area contributed by atoms with Crippen LogP contribution in [0.4, 0.5) is 0 Å². The molecule has 0 spiro atoms. The number of hydrogen-bond donors (Lipinski definition) is 0. The Bertz CT molecular complexity index is 605. The minimum absolute atomic E-state index is 1.22. The van der Waals surface area contributed by atoms with Crippen LogP contribution in [0.25, 0.3) is 0 Å². The molecule has 1 rings (SSSR count). The van der Waals surface area contributed by atoms with Crippen molar-refractivity contribution < 1.29 is 4.57 Å². The smallest absolute Gasteiger partial charge is 0.234 e. The average Bonchev–Trinajstić information content (AvgIpc) is 3.33. The molecule has 1 heterocycles. The summed E-state index contributed by atoms with van der Waals surface area (Å²) < 4.78 is 5.23. The number of rotatable bonds is 31. The van der Waals surface area contributed by atoms with E-state index in [1.165, 1.54) is 199 Å². The topological polar surface area (TPSA) is 8.81 Å². The first kappa shape index (κ1) is 36.2. The van der Waals surface area contributed by atoms with Crippen LogP contribution < -0.4 is 4.57 Å². The van der Waals surface area contributed by atoms with Gasteiger partial charge in [0.25, 0.3) is 5.82 Å². The normalized spacial score (nSPS) is 11.6. The van der Waals surface area contributed by atoms with Crippen molar-refractivity contribution in [1.82, 2.24) is 4.57 Å². The third-order valence-corrected chi connectivity index (χ3v) is 8.85. The Morgan fingerprint density at radius 2 is 0.795 bits per heavy atom. The number of unbranched alkanes of at least 4 members (excludes halogenated alkanes) is 25. The maximum atomic E-state index is 2.62. The molecule has 0 aromatic carbocycles. The van der Waals surface area contributed by atoms with Crippen LogP contribution >= 0.6 is 0 Å². The first-order valence-corrected chi connectivity index (χ1v) is 18.4. The van der Waals surface area contributed by atoms with Gasteiger partial charge in [0, 0.05) is 6.42 Å². The van der Waals surface area contributed by atoms with Gasteiger partial charge in [0.15, 0.2) is 0 Å². The quantitative estimate of drug-likeness (QED) is 0.0648. The van der Waals surface area contributed by atoms with Crippen LogP contribution in [0.5, 0.6) is 0 Å². The monoisotopic (exact) mass is 546 g/mol. The molecule has 0 fully saturated rings. The van der Waals surface area contributed by atoms with Gasteiger partial charge in [0.2, 0.25) is 0 Å². The molecule has 0 saturated carbocycles. The fourth-order valence-corrected chi connectivity index (χ4v) is 6.15. The van der Waals surface area contributed by atoms with Crippen molar-refractivity contribution in [2.24, 2.45) is 0 Å². The molecule has 39 heavy (non-hydrogen) atoms. The third-order valence-electron chi connectivity index (χ3n) is 8.85. The predicted octanol–water partition coefficient (Wildman–Crippen LogP) is 12.3. The summed E-state index contributed by atoms with van der Waals surface area (Å²) in [6.07, 6.45) is 45.9. The van der Waals surface area contributed by atoms with Crippen LogP contribution in [-0.2, 0) is 19.5 Å². The fraction of sp³-hybridized carbons (Fsp3) is 0.919. The lowest BCUT2D eigenvalue weighted by molar-refractivity contribution is -0.704. The molecule has 0 bridgehead atoms. The number of imidazole rings is 1. The standard InChI is InChI=1S/C37H73N2/c1-4-7-10-13-15-17-18-19-20-21-22-23-24-26-29-32-37-38(33-30-27-12-9-6-3)35-36-39(37)34-31-28-25-16-14-11-8-5-2/h35-36H,4-34H2,1-3H3/q+1. The predicted molar refractivity (Wildman–Crippen MR) is 175 cm³/mol. The highest BCUT2D eigenvalue weighted by molar-refractivity contribution is 4.84. The molecule has 1 aromatic rings. The Hall–Kier alpha value is -0.790. The number of nitrogens with zero attached hydrogens (tertiary/aromatic N) is 2. The highest BCUT2D eigenvalue weighted by Gasteiger charge is 2.16. The Morgan fingerprint density at radius 1 is 0.436 bits per heavy atom. The summed E-state index contributed by atoms with van der Waals surface area (Å²) in [5.41, 5.74) is 0. The lowest BCUT2D eigenvalue weighted by atomic mass is 10.0. The number of hydrogen-bond acceptors (Lipinski definition) is 0. The van der Waals surface area contributed by atoms with Gasteiger partial charge in [-0.1, -0.05) is 168 Å². The third kappa shape index (κ3) is 21.6. The molecule has 0 amide bonds. The Kier molecular flexibility index (Phi) is 26.7. The van der Waals surface area contributed by atoms with E-state index in [2.05, 4.69) is 42.3 Å². The van der Waals surface area contributed by atoms with Crippen molar-refractivity contribution >= 4 is 0 Å². The van der Waals surface area contributed by atoms with Gasteiger partial charge in [-0.15, -0.1) is 0 Å². The molecule has 230 valence electrons. The summed E-state index contributed by atoms with van der Waals surface area (Å²) in [4.78, 5) is 0. The van der Waals surface area contributed by atoms with E-state index >= 15 is 0 Å². The second-order valence-corrected chi connectivity index (χ2v) is 12.7. The van der Waals surface area contributed by atoms with E-state index < -0.39 is 0 Å². The zero-order chi connectivity index (χ0) is 28.1. The van der Waals surface area contributed by atoms with E-state index in [0.29, 0.717) is 0 Å². The Labute approximate surface area is 247 Å². The highest BCUT2D eigenvalue weighted by atomic mass is 15.1. The molecule has 0 aliphatic carbocycles. The van der Waals surface area contributed by atoms with E-state index in [1.807, 2.05) is 0 Å². The number of aromatic nitrogens is 2. The van der Waals surface area contributed by atoms with Crippen molar-refractivity contribution in [2.45, 2.75) is 220 Å². The lowest BCUT2D eigenvalue weighted by Gasteiger charge is -2.07. The van der Waals surface area contributed by atoms with Crippen LogP contribution in [0.1, 0.15) is 206 Å². The van der Waals surface area contributed by atoms with Crippen molar-refractivity contribution in [3.8, 4) is 0 Å². The molecule has 0 atom stereocenters. The van der Waals surface area contributed by atoms with Crippen LogP contribution in [0.2, 0.25) is 0 Å². The zero-order valence-electron chi connectivity index (χ0n) is 27.5. The molecule has 0 aliphatic heterocycles. The van der Waals surface area contributed by atoms with Gasteiger partial charge in [-0.3, -0.25) is 0 Å². The van der Waals surface area contributed by atoms with E-state index in [9.17, 15) is 0 Å². The molecule has 2 heteroatoms. The molecule has 0 N–H and O–H groups in total. The minimum atomic E-state index is 1.22. The molecule has 1 aromatic heterocycles. The molecular formula is C37H73N2+. The minimum Gasteiger partial charge on any atom is -0.234 e. The van der Waals surface area contributed by atoms with Gasteiger partial charge in [0.1, 0.15) is 12.4 Å². The first-order chi connectivity index (χ1) is 19.3. The van der Waals surface area contributed by atoms with E-state index in [1.54, 1.807) is 5.82 Å². The van der Waals surface area contributed by atoms with Gasteiger partial charge >= 0.3 is 0 Å². The van der Waals surface area contributed by atoms with Crippen LogP contribution in [-0.4, -0.2) is 4.57 Å². The van der Waals surface area contributed by atoms with Crippen LogP contribution in [0.15, 0.2) is 12.4 Å². The van der Waals surface area contributed by atoms with Crippen LogP contribution in [0, 0.1) is 0 Å². The maximum Gasteiger partial charge on any atom is 0.256 e. The largest absolute Gasteiger partial charge is 0.256 e. The van der Waals surface area contributed by atoms with Crippen molar-refractivity contribution in [3.05, 3.63) is 18.2 Å². The molecule has 0 saturated heterocycles. The van der Waals surface area contributed by atoms with Gasteiger partial charge < -0.3 is 0 Å². The van der Waals surface area contributed by atoms with Crippen molar-refractivity contribution in [1.29, 1.82) is 0 Å². The van der Waals surface area contributed by atoms with Crippen LogP contribution in [0.3, 0.4) is 0 Å². The summed E-state index contributed by atoms with van der Waals surface area (Å²) in [5, 5.41) is 0. The lowest BCUT2D eigenvalue weighted by Crippen LogP contribution is -2.37. The van der Waals surface area contributed by atoms with E-state index in [-0.39, 0.29) is 0 Å². The van der Waals surface area contributed by atoms with Gasteiger partial charge in [0.05, 0.1) is 13.1 Å². The second-order valence-electron chi connectivity index (χ2n) is 12.7. The second kappa shape index (κ2) is 28.7. The average molecular weight is 546 g/mol. The fourth-order valence-electron chi connectivity index (χ4n) is 6.15. The summed E-state index contributed by atoms with van der Waals surface area (Å²) >= 11 is 0. The molecular weight excluding hydrogens is 472 g/mol. The maximum absolute atomic E-state index is 2.62. The van der Waals surface area contributed by atoms with Crippen molar-refractivity contribution in [3.63, 3.8) is 0 Å². The Balaban J connectivity index is 2.21. The van der Waals surface area contributed by atoms with Gasteiger partial charge in [-0.25, -0.2) is 9.13 Å². The first-order valence-electron chi connectivity index (χ1n) is 18.4. The van der Waals surface area contributed by atoms with Gasteiger partial charge in [-0.2, -0.15) is 0 Å². The number of aryl methyl sites for hydroxylation is 2. The SMILES string of the molecule is CCCCCCCCCCCCCCCCCc1n(CCCCCCCCCC)cc[n+]1CCCCCCC. The summed E-state index contributed by atoms with van der Waals surface area (Å²) in [6.45, 7) is 9.39. The zero-order valence-corrected chi connectivity index (χ0v) is 27.5. The molecule has 0 aliphatic rings. The summed E-state index contributed by atoms with van der Waals surface area (Å²) in [5.74, 6) is 1.61. The molecule has 0 radical (unpaired) electrons. The Morgan fingerprint density at radius 3 is 1.23 bits per heavy atom. The van der Waals surface area contributed by atoms with E-state index in [0.717, 1.165) is 0 Å². The molecule has 2 nitrogen and oxygen atoms in total. The summed E-state index contributed by atoms with van der Waals surface area (Å²) in [7, 11) is 0. The summed E-state index contributed by atoms with van der Waals surface area (Å²) in [6, 6.07) is 0. The molecule has 0 unspecified atom stereocenters. The highest BCUT2D eigenvalue weighted by Crippen LogP contribution is 2.15.